The van der Waals surface area contributed by atoms with E-state index in [1.807, 2.05) is 24.3 Å². The minimum absolute atomic E-state index is 0.197. The second kappa shape index (κ2) is 6.40. The van der Waals surface area contributed by atoms with Gasteiger partial charge in [-0.15, -0.1) is 0 Å². The van der Waals surface area contributed by atoms with Gasteiger partial charge in [0.25, 0.3) is 0 Å². The van der Waals surface area contributed by atoms with Crippen LogP contribution in [0.4, 0.5) is 0 Å². The van der Waals surface area contributed by atoms with E-state index in [4.69, 9.17) is 9.47 Å². The number of hydrogen-bond donors (Lipinski definition) is 0. The van der Waals surface area contributed by atoms with E-state index < -0.39 is 0 Å². The van der Waals surface area contributed by atoms with E-state index in [0.29, 0.717) is 5.75 Å². The number of ether oxygens (including phenoxy) is 3. The van der Waals surface area contributed by atoms with Crippen molar-refractivity contribution in [2.75, 3.05) is 13.7 Å². The summed E-state index contributed by atoms with van der Waals surface area (Å²) in [6.45, 7) is 0.740. The fraction of sp³-hybridized carbons (Fsp3) is 0.500. The zero-order valence-electron chi connectivity index (χ0n) is 10.6. The Morgan fingerprint density at radius 2 is 2.22 bits per heavy atom. The molecule has 1 saturated heterocycles. The molecular formula is C14H18O4. The highest BCUT2D eigenvalue weighted by Gasteiger charge is 2.17. The lowest BCUT2D eigenvalue weighted by atomic mass is 10.1. The van der Waals surface area contributed by atoms with Crippen molar-refractivity contribution in [3.05, 3.63) is 29.8 Å². The summed E-state index contributed by atoms with van der Waals surface area (Å²) in [6, 6.07) is 7.50. The zero-order valence-corrected chi connectivity index (χ0v) is 10.6. The molecule has 0 amide bonds. The molecule has 1 aliphatic rings. The molecule has 1 aromatic carbocycles. The predicted molar refractivity (Wildman–Crippen MR) is 66.4 cm³/mol. The monoisotopic (exact) mass is 250 g/mol. The number of benzene rings is 1. The van der Waals surface area contributed by atoms with Gasteiger partial charge in [-0.1, -0.05) is 18.2 Å². The molecule has 98 valence electrons. The first-order chi connectivity index (χ1) is 8.79. The summed E-state index contributed by atoms with van der Waals surface area (Å²) in [5, 5.41) is 0. The van der Waals surface area contributed by atoms with Gasteiger partial charge in [0.05, 0.1) is 20.1 Å². The molecule has 0 radical (unpaired) electrons. The molecule has 2 rings (SSSR count). The number of para-hydroxylation sites is 1. The molecule has 1 aliphatic heterocycles. The van der Waals surface area contributed by atoms with Crippen LogP contribution in [0.25, 0.3) is 0 Å². The van der Waals surface area contributed by atoms with E-state index in [2.05, 4.69) is 4.74 Å². The van der Waals surface area contributed by atoms with Gasteiger partial charge in [0.2, 0.25) is 0 Å². The first-order valence-electron chi connectivity index (χ1n) is 6.22. The van der Waals surface area contributed by atoms with Crippen LogP contribution in [0.15, 0.2) is 24.3 Å². The van der Waals surface area contributed by atoms with Crippen LogP contribution in [0.2, 0.25) is 0 Å². The maximum Gasteiger partial charge on any atom is 0.310 e. The summed E-state index contributed by atoms with van der Waals surface area (Å²) in [7, 11) is 1.38. The summed E-state index contributed by atoms with van der Waals surface area (Å²) in [6.07, 6.45) is 3.12. The summed E-state index contributed by atoms with van der Waals surface area (Å²) >= 11 is 0. The average Bonchev–Trinajstić information content (AvgIpc) is 2.42. The number of carbonyl (C=O) groups is 1. The largest absolute Gasteiger partial charge is 0.469 e. The molecule has 1 fully saturated rings. The van der Waals surface area contributed by atoms with E-state index in [-0.39, 0.29) is 18.7 Å². The molecule has 4 heteroatoms. The lowest BCUT2D eigenvalue weighted by molar-refractivity contribution is -0.140. The summed E-state index contributed by atoms with van der Waals surface area (Å²) in [4.78, 5) is 11.3. The van der Waals surface area contributed by atoms with Crippen molar-refractivity contribution < 1.29 is 19.0 Å². The van der Waals surface area contributed by atoms with Crippen molar-refractivity contribution in [1.29, 1.82) is 0 Å². The van der Waals surface area contributed by atoms with E-state index in [1.54, 1.807) is 0 Å². The van der Waals surface area contributed by atoms with E-state index in [1.165, 1.54) is 7.11 Å². The minimum atomic E-state index is -0.268. The van der Waals surface area contributed by atoms with Crippen LogP contribution in [0.3, 0.4) is 0 Å². The van der Waals surface area contributed by atoms with Crippen LogP contribution < -0.4 is 4.74 Å². The average molecular weight is 250 g/mol. The quantitative estimate of drug-likeness (QED) is 0.769. The third-order valence-corrected chi connectivity index (χ3v) is 2.93. The summed E-state index contributed by atoms with van der Waals surface area (Å²) in [5.41, 5.74) is 0.832. The Kier molecular flexibility index (Phi) is 4.59. The first-order valence-corrected chi connectivity index (χ1v) is 6.22. The molecule has 1 aromatic rings. The van der Waals surface area contributed by atoms with Gasteiger partial charge in [-0.2, -0.15) is 0 Å². The minimum Gasteiger partial charge on any atom is -0.469 e. The van der Waals surface area contributed by atoms with Crippen LogP contribution in [0, 0.1) is 0 Å². The van der Waals surface area contributed by atoms with Gasteiger partial charge in [-0.3, -0.25) is 4.79 Å². The van der Waals surface area contributed by atoms with E-state index in [9.17, 15) is 4.79 Å². The number of rotatable bonds is 4. The standard InChI is InChI=1S/C14H18O4/c1-16-13(15)10-11-6-2-3-7-12(11)18-14-8-4-5-9-17-14/h2-3,6-7,14H,4-5,8-10H2,1H3. The summed E-state index contributed by atoms with van der Waals surface area (Å²) in [5.74, 6) is 0.436. The molecule has 1 heterocycles. The molecule has 1 atom stereocenters. The van der Waals surface area contributed by atoms with Crippen LogP contribution >= 0.6 is 0 Å². The normalized spacial score (nSPS) is 19.3. The van der Waals surface area contributed by atoms with Crippen molar-refractivity contribution in [2.45, 2.75) is 32.0 Å². The van der Waals surface area contributed by atoms with Crippen molar-refractivity contribution in [3.8, 4) is 5.75 Å². The smallest absolute Gasteiger partial charge is 0.310 e. The van der Waals surface area contributed by atoms with Crippen molar-refractivity contribution >= 4 is 5.97 Å². The van der Waals surface area contributed by atoms with Gasteiger partial charge >= 0.3 is 5.97 Å². The fourth-order valence-corrected chi connectivity index (χ4v) is 1.94. The number of esters is 1. The molecule has 4 nitrogen and oxygen atoms in total. The van der Waals surface area contributed by atoms with Crippen molar-refractivity contribution in [3.63, 3.8) is 0 Å². The highest BCUT2D eigenvalue weighted by Crippen LogP contribution is 2.23. The molecule has 0 N–H and O–H groups in total. The van der Waals surface area contributed by atoms with Crippen molar-refractivity contribution in [1.82, 2.24) is 0 Å². The highest BCUT2D eigenvalue weighted by atomic mass is 16.7. The van der Waals surface area contributed by atoms with Crippen LogP contribution in [0.5, 0.6) is 5.75 Å². The molecule has 1 unspecified atom stereocenters. The van der Waals surface area contributed by atoms with Gasteiger partial charge < -0.3 is 14.2 Å². The van der Waals surface area contributed by atoms with Crippen LogP contribution in [0.1, 0.15) is 24.8 Å². The second-order valence-corrected chi connectivity index (χ2v) is 4.27. The lowest BCUT2D eigenvalue weighted by Gasteiger charge is -2.24. The van der Waals surface area contributed by atoms with Gasteiger partial charge in [-0.25, -0.2) is 0 Å². The second-order valence-electron chi connectivity index (χ2n) is 4.27. The van der Waals surface area contributed by atoms with Gasteiger partial charge in [0.1, 0.15) is 5.75 Å². The number of carbonyl (C=O) groups excluding carboxylic acids is 1. The SMILES string of the molecule is COC(=O)Cc1ccccc1OC1CCCCO1. The fourth-order valence-electron chi connectivity index (χ4n) is 1.94. The Bertz CT molecular complexity index is 397. The lowest BCUT2D eigenvalue weighted by Crippen LogP contribution is -2.25. The molecule has 18 heavy (non-hydrogen) atoms. The van der Waals surface area contributed by atoms with E-state index >= 15 is 0 Å². The Labute approximate surface area is 107 Å². The van der Waals surface area contributed by atoms with Crippen molar-refractivity contribution in [2.24, 2.45) is 0 Å². The summed E-state index contributed by atoms with van der Waals surface area (Å²) < 4.78 is 16.0. The van der Waals surface area contributed by atoms with Gasteiger partial charge in [0.15, 0.2) is 6.29 Å². The Balaban J connectivity index is 2.04. The van der Waals surface area contributed by atoms with Gasteiger partial charge in [0, 0.05) is 12.0 Å². The topological polar surface area (TPSA) is 44.8 Å². The molecular weight excluding hydrogens is 232 g/mol. The molecule has 0 saturated carbocycles. The Morgan fingerprint density at radius 1 is 1.39 bits per heavy atom. The first kappa shape index (κ1) is 12.9. The molecule has 0 aromatic heterocycles. The van der Waals surface area contributed by atoms with Crippen LogP contribution in [-0.2, 0) is 20.7 Å². The third kappa shape index (κ3) is 3.47. The molecule has 0 aliphatic carbocycles. The number of methoxy groups -OCH3 is 1. The van der Waals surface area contributed by atoms with Gasteiger partial charge in [-0.05, 0) is 18.9 Å². The Hall–Kier alpha value is -1.55. The maximum atomic E-state index is 11.3. The highest BCUT2D eigenvalue weighted by molar-refractivity contribution is 5.73. The molecule has 0 bridgehead atoms. The molecule has 0 spiro atoms. The predicted octanol–water partition coefficient (Wildman–Crippen LogP) is 2.31. The third-order valence-electron chi connectivity index (χ3n) is 2.93. The zero-order chi connectivity index (χ0) is 12.8. The van der Waals surface area contributed by atoms with Crippen LogP contribution in [-0.4, -0.2) is 26.0 Å². The Morgan fingerprint density at radius 3 is 2.94 bits per heavy atom. The number of hydrogen-bond acceptors (Lipinski definition) is 4. The van der Waals surface area contributed by atoms with E-state index in [0.717, 1.165) is 31.4 Å². The maximum absolute atomic E-state index is 11.3.